The molecule has 0 aliphatic carbocycles. The molecule has 1 amide bonds. The Morgan fingerprint density at radius 3 is 2.23 bits per heavy atom. The van der Waals surface area contributed by atoms with Crippen LogP contribution in [0.3, 0.4) is 0 Å². The molecule has 0 aromatic heterocycles. The lowest BCUT2D eigenvalue weighted by Crippen LogP contribution is -2.45. The monoisotopic (exact) mass is 473 g/mol. The van der Waals surface area contributed by atoms with E-state index in [1.807, 2.05) is 0 Å². The van der Waals surface area contributed by atoms with Gasteiger partial charge >= 0.3 is 0 Å². The standard InChI is InChI=1S/C19H24ClN3O5S2/c1-13-9-10-15(20)11-18(13)23(30(5,27)28)14(2)19(24)21-16-7-6-8-17(12-16)22(3)29(4,25)26/h6-12,14H,1-5H3,(H,21,24)/t14-/m1/s1. The largest absolute Gasteiger partial charge is 0.324 e. The van der Waals surface area contributed by atoms with Gasteiger partial charge in [0.15, 0.2) is 0 Å². The summed E-state index contributed by atoms with van der Waals surface area (Å²) in [5.74, 6) is -0.584. The van der Waals surface area contributed by atoms with E-state index in [0.717, 1.165) is 21.1 Å². The van der Waals surface area contributed by atoms with E-state index in [9.17, 15) is 21.6 Å². The number of sulfonamides is 2. The van der Waals surface area contributed by atoms with Crippen LogP contribution in [-0.2, 0) is 24.8 Å². The van der Waals surface area contributed by atoms with Crippen LogP contribution in [0.4, 0.5) is 17.1 Å². The van der Waals surface area contributed by atoms with Crippen molar-refractivity contribution < 1.29 is 21.6 Å². The fraction of sp³-hybridized carbons (Fsp3) is 0.316. The molecule has 30 heavy (non-hydrogen) atoms. The number of amides is 1. The highest BCUT2D eigenvalue weighted by Crippen LogP contribution is 2.29. The molecular weight excluding hydrogens is 450 g/mol. The van der Waals surface area contributed by atoms with Crippen LogP contribution in [0.25, 0.3) is 0 Å². The molecule has 0 aliphatic heterocycles. The van der Waals surface area contributed by atoms with Gasteiger partial charge in [-0.3, -0.25) is 13.4 Å². The number of hydrogen-bond acceptors (Lipinski definition) is 5. The van der Waals surface area contributed by atoms with Crippen LogP contribution in [0.2, 0.25) is 5.02 Å². The van der Waals surface area contributed by atoms with Gasteiger partial charge in [0.05, 0.1) is 23.9 Å². The summed E-state index contributed by atoms with van der Waals surface area (Å²) in [6.07, 6.45) is 2.08. The van der Waals surface area contributed by atoms with Crippen molar-refractivity contribution in [2.45, 2.75) is 19.9 Å². The Kier molecular flexibility index (Phi) is 7.05. The first-order valence-corrected chi connectivity index (χ1v) is 12.9. The summed E-state index contributed by atoms with van der Waals surface area (Å²) in [4.78, 5) is 12.9. The van der Waals surface area contributed by atoms with Crippen molar-refractivity contribution in [2.24, 2.45) is 0 Å². The van der Waals surface area contributed by atoms with Crippen molar-refractivity contribution in [3.63, 3.8) is 0 Å². The van der Waals surface area contributed by atoms with Gasteiger partial charge in [0, 0.05) is 17.8 Å². The normalized spacial score (nSPS) is 12.9. The average Bonchev–Trinajstić information content (AvgIpc) is 2.62. The topological polar surface area (TPSA) is 104 Å². The van der Waals surface area contributed by atoms with Crippen molar-refractivity contribution in [3.05, 3.63) is 53.1 Å². The Labute approximate surface area is 182 Å². The highest BCUT2D eigenvalue weighted by Gasteiger charge is 2.30. The number of carbonyl (C=O) groups excluding carboxylic acids is 1. The molecule has 0 spiro atoms. The molecule has 2 rings (SSSR count). The third-order valence-corrected chi connectivity index (χ3v) is 7.14. The number of carbonyl (C=O) groups is 1. The Morgan fingerprint density at radius 1 is 1.03 bits per heavy atom. The highest BCUT2D eigenvalue weighted by molar-refractivity contribution is 7.92. The molecule has 8 nitrogen and oxygen atoms in total. The zero-order valence-electron chi connectivity index (χ0n) is 17.2. The number of aryl methyl sites for hydroxylation is 1. The number of rotatable bonds is 7. The van der Waals surface area contributed by atoms with E-state index in [1.54, 1.807) is 37.3 Å². The molecule has 1 atom stereocenters. The first kappa shape index (κ1) is 24.0. The summed E-state index contributed by atoms with van der Waals surface area (Å²) < 4.78 is 50.5. The molecule has 2 aromatic rings. The summed E-state index contributed by atoms with van der Waals surface area (Å²) in [6, 6.07) is 9.95. The number of nitrogens with zero attached hydrogens (tertiary/aromatic N) is 2. The molecule has 1 N–H and O–H groups in total. The summed E-state index contributed by atoms with van der Waals surface area (Å²) >= 11 is 6.03. The molecule has 0 bridgehead atoms. The smallest absolute Gasteiger partial charge is 0.247 e. The van der Waals surface area contributed by atoms with E-state index in [1.165, 1.54) is 26.1 Å². The molecule has 0 fully saturated rings. The van der Waals surface area contributed by atoms with E-state index >= 15 is 0 Å². The average molecular weight is 474 g/mol. The fourth-order valence-electron chi connectivity index (χ4n) is 2.82. The van der Waals surface area contributed by atoms with Crippen LogP contribution in [0.5, 0.6) is 0 Å². The van der Waals surface area contributed by atoms with Gasteiger partial charge in [-0.2, -0.15) is 0 Å². The van der Waals surface area contributed by atoms with Crippen LogP contribution >= 0.6 is 11.6 Å². The summed E-state index contributed by atoms with van der Waals surface area (Å²) in [5, 5.41) is 2.99. The maximum atomic E-state index is 12.9. The van der Waals surface area contributed by atoms with E-state index in [0.29, 0.717) is 27.6 Å². The van der Waals surface area contributed by atoms with Crippen LogP contribution in [0.1, 0.15) is 12.5 Å². The first-order chi connectivity index (χ1) is 13.7. The lowest BCUT2D eigenvalue weighted by atomic mass is 10.1. The third-order valence-electron chi connectivity index (χ3n) is 4.47. The molecule has 0 unspecified atom stereocenters. The van der Waals surface area contributed by atoms with Crippen LogP contribution in [-0.4, -0.2) is 48.3 Å². The fourth-order valence-corrected chi connectivity index (χ4v) is 4.71. The van der Waals surface area contributed by atoms with Crippen molar-refractivity contribution in [1.29, 1.82) is 0 Å². The maximum absolute atomic E-state index is 12.9. The van der Waals surface area contributed by atoms with Gasteiger partial charge in [-0.25, -0.2) is 16.8 Å². The molecule has 11 heteroatoms. The number of benzene rings is 2. The molecule has 0 radical (unpaired) electrons. The summed E-state index contributed by atoms with van der Waals surface area (Å²) in [7, 11) is -5.89. The molecular formula is C19H24ClN3O5S2. The first-order valence-electron chi connectivity index (χ1n) is 8.82. The Bertz CT molecular complexity index is 1170. The van der Waals surface area contributed by atoms with Gasteiger partial charge in [0.1, 0.15) is 6.04 Å². The number of nitrogens with one attached hydrogen (secondary N) is 1. The predicted octanol–water partition coefficient (Wildman–Crippen LogP) is 2.84. The molecule has 164 valence electrons. The predicted molar refractivity (Wildman–Crippen MR) is 121 cm³/mol. The summed E-state index contributed by atoms with van der Waals surface area (Å²) in [6.45, 7) is 3.18. The highest BCUT2D eigenvalue weighted by atomic mass is 35.5. The van der Waals surface area contributed by atoms with Crippen LogP contribution in [0.15, 0.2) is 42.5 Å². The lowest BCUT2D eigenvalue weighted by molar-refractivity contribution is -0.116. The van der Waals surface area contributed by atoms with Crippen molar-refractivity contribution in [3.8, 4) is 0 Å². The van der Waals surface area contributed by atoms with E-state index < -0.39 is 32.0 Å². The second-order valence-electron chi connectivity index (χ2n) is 6.94. The van der Waals surface area contributed by atoms with Gasteiger partial charge < -0.3 is 5.32 Å². The molecule has 0 saturated carbocycles. The lowest BCUT2D eigenvalue weighted by Gasteiger charge is -2.29. The minimum absolute atomic E-state index is 0.304. The van der Waals surface area contributed by atoms with Crippen molar-refractivity contribution >= 4 is 54.6 Å². The SMILES string of the molecule is Cc1ccc(Cl)cc1N([C@H](C)C(=O)Nc1cccc(N(C)S(C)(=O)=O)c1)S(C)(=O)=O. The second-order valence-corrected chi connectivity index (χ2v) is 11.2. The Balaban J connectivity index is 2.36. The number of anilines is 3. The summed E-state index contributed by atoms with van der Waals surface area (Å²) in [5.41, 5.74) is 1.63. The van der Waals surface area contributed by atoms with E-state index in [2.05, 4.69) is 5.32 Å². The quantitative estimate of drug-likeness (QED) is 0.665. The van der Waals surface area contributed by atoms with Gasteiger partial charge in [-0.15, -0.1) is 0 Å². The second kappa shape index (κ2) is 8.83. The molecule has 0 saturated heterocycles. The van der Waals surface area contributed by atoms with Crippen LogP contribution < -0.4 is 13.9 Å². The van der Waals surface area contributed by atoms with Gasteiger partial charge in [-0.05, 0) is 49.7 Å². The van der Waals surface area contributed by atoms with E-state index in [4.69, 9.17) is 11.6 Å². The Hall–Kier alpha value is -2.30. The van der Waals surface area contributed by atoms with Gasteiger partial charge in [-0.1, -0.05) is 23.7 Å². The van der Waals surface area contributed by atoms with Gasteiger partial charge in [0.2, 0.25) is 26.0 Å². The minimum Gasteiger partial charge on any atom is -0.324 e. The number of hydrogen-bond donors (Lipinski definition) is 1. The van der Waals surface area contributed by atoms with Crippen molar-refractivity contribution in [1.82, 2.24) is 0 Å². The maximum Gasteiger partial charge on any atom is 0.247 e. The molecule has 2 aromatic carbocycles. The zero-order chi connectivity index (χ0) is 22.9. The number of halogens is 1. The minimum atomic E-state index is -3.81. The Morgan fingerprint density at radius 2 is 1.67 bits per heavy atom. The third kappa shape index (κ3) is 5.65. The molecule has 0 heterocycles. The van der Waals surface area contributed by atoms with E-state index in [-0.39, 0.29) is 0 Å². The molecule has 0 aliphatic rings. The van der Waals surface area contributed by atoms with Crippen molar-refractivity contribution in [2.75, 3.05) is 33.5 Å². The zero-order valence-corrected chi connectivity index (χ0v) is 19.6. The van der Waals surface area contributed by atoms with Gasteiger partial charge in [0.25, 0.3) is 0 Å². The van der Waals surface area contributed by atoms with Crippen LogP contribution in [0, 0.1) is 6.92 Å².